The predicted molar refractivity (Wildman–Crippen MR) is 74.9 cm³/mol. The summed E-state index contributed by atoms with van der Waals surface area (Å²) in [5.41, 5.74) is 0.477. The first-order valence-electron chi connectivity index (χ1n) is 5.63. The van der Waals surface area contributed by atoms with Crippen LogP contribution in [0.2, 0.25) is 5.02 Å². The number of hydrogen-bond donors (Lipinski definition) is 1. The zero-order valence-electron chi connectivity index (χ0n) is 10.2. The van der Waals surface area contributed by atoms with Gasteiger partial charge in [0.15, 0.2) is 0 Å². The highest BCUT2D eigenvalue weighted by molar-refractivity contribution is 7.84. The zero-order valence-corrected chi connectivity index (χ0v) is 11.7. The summed E-state index contributed by atoms with van der Waals surface area (Å²) < 4.78 is 25.5. The third-order valence-corrected chi connectivity index (χ3v) is 4.39. The van der Waals surface area contributed by atoms with E-state index in [1.54, 1.807) is 18.2 Å². The minimum absolute atomic E-state index is 0.00883. The Kier molecular flexibility index (Phi) is 4.52. The lowest BCUT2D eigenvalue weighted by Gasteiger charge is -2.06. The number of hydrogen-bond acceptors (Lipinski definition) is 2. The molecule has 0 aliphatic rings. The number of aromatic carboxylic acids is 1. The average Bonchev–Trinajstić information content (AvgIpc) is 2.43. The molecule has 0 saturated carbocycles. The van der Waals surface area contributed by atoms with Crippen LogP contribution in [0.5, 0.6) is 0 Å². The molecule has 0 amide bonds. The number of carbonyl (C=O) groups is 1. The SMILES string of the molecule is O=C(O)c1ccccc1S(=O)Cc1ccc(Cl)c(F)c1. The smallest absolute Gasteiger partial charge is 0.336 e. The van der Waals surface area contributed by atoms with Gasteiger partial charge in [-0.3, -0.25) is 4.21 Å². The van der Waals surface area contributed by atoms with Gasteiger partial charge in [0.05, 0.1) is 32.0 Å². The average molecular weight is 313 g/mol. The minimum Gasteiger partial charge on any atom is -0.478 e. The number of rotatable bonds is 4. The van der Waals surface area contributed by atoms with Gasteiger partial charge in [-0.15, -0.1) is 0 Å². The highest BCUT2D eigenvalue weighted by Crippen LogP contribution is 2.20. The van der Waals surface area contributed by atoms with E-state index in [0.29, 0.717) is 5.56 Å². The van der Waals surface area contributed by atoms with Crippen LogP contribution in [0.4, 0.5) is 4.39 Å². The van der Waals surface area contributed by atoms with Crippen LogP contribution in [-0.2, 0) is 16.6 Å². The number of carboxylic acids is 1. The first-order chi connectivity index (χ1) is 9.49. The van der Waals surface area contributed by atoms with Gasteiger partial charge in [0.1, 0.15) is 5.82 Å². The molecule has 104 valence electrons. The topological polar surface area (TPSA) is 54.4 Å². The molecule has 0 aromatic heterocycles. The molecular formula is C14H10ClFO3S. The van der Waals surface area contributed by atoms with Crippen LogP contribution in [0.15, 0.2) is 47.4 Å². The molecular weight excluding hydrogens is 303 g/mol. The Morgan fingerprint density at radius 3 is 2.60 bits per heavy atom. The van der Waals surface area contributed by atoms with E-state index in [1.165, 1.54) is 24.3 Å². The fourth-order valence-corrected chi connectivity index (χ4v) is 3.09. The highest BCUT2D eigenvalue weighted by Gasteiger charge is 2.15. The van der Waals surface area contributed by atoms with Gasteiger partial charge >= 0.3 is 5.97 Å². The van der Waals surface area contributed by atoms with Crippen LogP contribution in [0, 0.1) is 5.82 Å². The summed E-state index contributed by atoms with van der Waals surface area (Å²) in [6.07, 6.45) is 0. The minimum atomic E-state index is -1.57. The van der Waals surface area contributed by atoms with Crippen molar-refractivity contribution in [1.29, 1.82) is 0 Å². The quantitative estimate of drug-likeness (QED) is 0.940. The Morgan fingerprint density at radius 2 is 1.95 bits per heavy atom. The Hall–Kier alpha value is -1.72. The third kappa shape index (κ3) is 3.23. The monoisotopic (exact) mass is 312 g/mol. The van der Waals surface area contributed by atoms with Crippen LogP contribution < -0.4 is 0 Å². The van der Waals surface area contributed by atoms with Crippen LogP contribution in [-0.4, -0.2) is 15.3 Å². The molecule has 3 nitrogen and oxygen atoms in total. The van der Waals surface area contributed by atoms with E-state index >= 15 is 0 Å². The fraction of sp³-hybridized carbons (Fsp3) is 0.0714. The summed E-state index contributed by atoms with van der Waals surface area (Å²) in [4.78, 5) is 11.3. The van der Waals surface area contributed by atoms with E-state index in [4.69, 9.17) is 16.7 Å². The maximum absolute atomic E-state index is 13.3. The van der Waals surface area contributed by atoms with E-state index < -0.39 is 22.6 Å². The van der Waals surface area contributed by atoms with Crippen molar-refractivity contribution in [3.63, 3.8) is 0 Å². The lowest BCUT2D eigenvalue weighted by molar-refractivity contribution is 0.0693. The molecule has 0 spiro atoms. The zero-order chi connectivity index (χ0) is 14.7. The van der Waals surface area contributed by atoms with E-state index in [1.807, 2.05) is 0 Å². The van der Waals surface area contributed by atoms with Gasteiger partial charge in [-0.05, 0) is 29.8 Å². The van der Waals surface area contributed by atoms with Gasteiger partial charge in [-0.25, -0.2) is 9.18 Å². The van der Waals surface area contributed by atoms with E-state index in [0.717, 1.165) is 0 Å². The molecule has 1 atom stereocenters. The lowest BCUT2D eigenvalue weighted by Crippen LogP contribution is -2.05. The molecule has 1 unspecified atom stereocenters. The Bertz CT molecular complexity index is 688. The van der Waals surface area contributed by atoms with Crippen molar-refractivity contribution in [1.82, 2.24) is 0 Å². The van der Waals surface area contributed by atoms with Gasteiger partial charge in [0.2, 0.25) is 0 Å². The summed E-state index contributed by atoms with van der Waals surface area (Å²) in [7, 11) is -1.57. The Morgan fingerprint density at radius 1 is 1.25 bits per heavy atom. The molecule has 2 aromatic rings. The first kappa shape index (κ1) is 14.7. The van der Waals surface area contributed by atoms with Gasteiger partial charge in [0, 0.05) is 0 Å². The summed E-state index contributed by atoms with van der Waals surface area (Å²) in [5.74, 6) is -1.71. The molecule has 2 aromatic carbocycles. The van der Waals surface area contributed by atoms with Crippen LogP contribution in [0.3, 0.4) is 0 Å². The Balaban J connectivity index is 2.28. The number of carboxylic acid groups (broad SMARTS) is 1. The summed E-state index contributed by atoms with van der Waals surface area (Å²) in [6, 6.07) is 10.2. The standard InChI is InChI=1S/C14H10ClFO3S/c15-11-6-5-9(7-12(11)16)8-20(19)13-4-2-1-3-10(13)14(17)18/h1-7H,8H2,(H,17,18). The van der Waals surface area contributed by atoms with Crippen molar-refractivity contribution < 1.29 is 18.5 Å². The first-order valence-corrected chi connectivity index (χ1v) is 7.33. The Labute approximate surface area is 122 Å². The molecule has 0 radical (unpaired) electrons. The predicted octanol–water partition coefficient (Wildman–Crippen LogP) is 3.49. The van der Waals surface area contributed by atoms with Crippen LogP contribution in [0.1, 0.15) is 15.9 Å². The molecule has 2 rings (SSSR count). The second-order valence-electron chi connectivity index (χ2n) is 4.04. The number of halogens is 2. The fourth-order valence-electron chi connectivity index (χ4n) is 1.70. The molecule has 0 heterocycles. The lowest BCUT2D eigenvalue weighted by atomic mass is 10.2. The second kappa shape index (κ2) is 6.15. The van der Waals surface area contributed by atoms with Gasteiger partial charge < -0.3 is 5.11 Å². The van der Waals surface area contributed by atoms with Gasteiger partial charge in [0.25, 0.3) is 0 Å². The van der Waals surface area contributed by atoms with Gasteiger partial charge in [-0.1, -0.05) is 29.8 Å². The molecule has 0 fully saturated rings. The van der Waals surface area contributed by atoms with E-state index in [9.17, 15) is 13.4 Å². The highest BCUT2D eigenvalue weighted by atomic mass is 35.5. The van der Waals surface area contributed by atoms with Crippen molar-refractivity contribution in [2.75, 3.05) is 0 Å². The van der Waals surface area contributed by atoms with Crippen molar-refractivity contribution in [3.8, 4) is 0 Å². The molecule has 0 saturated heterocycles. The molecule has 6 heteroatoms. The summed E-state index contributed by atoms with van der Waals surface area (Å²) in [6.45, 7) is 0. The summed E-state index contributed by atoms with van der Waals surface area (Å²) >= 11 is 5.57. The molecule has 0 bridgehead atoms. The molecule has 0 aliphatic heterocycles. The van der Waals surface area contributed by atoms with Crippen molar-refractivity contribution in [2.45, 2.75) is 10.6 Å². The second-order valence-corrected chi connectivity index (χ2v) is 5.87. The van der Waals surface area contributed by atoms with E-state index in [2.05, 4.69) is 0 Å². The van der Waals surface area contributed by atoms with Crippen molar-refractivity contribution >= 4 is 28.4 Å². The van der Waals surface area contributed by atoms with Crippen molar-refractivity contribution in [3.05, 3.63) is 64.4 Å². The van der Waals surface area contributed by atoms with Crippen molar-refractivity contribution in [2.24, 2.45) is 0 Å². The number of benzene rings is 2. The molecule has 0 aliphatic carbocycles. The maximum Gasteiger partial charge on any atom is 0.336 e. The largest absolute Gasteiger partial charge is 0.478 e. The normalized spacial score (nSPS) is 12.1. The van der Waals surface area contributed by atoms with Gasteiger partial charge in [-0.2, -0.15) is 0 Å². The van der Waals surface area contributed by atoms with Crippen LogP contribution in [0.25, 0.3) is 0 Å². The van der Waals surface area contributed by atoms with E-state index in [-0.39, 0.29) is 21.2 Å². The summed E-state index contributed by atoms with van der Waals surface area (Å²) in [5, 5.41) is 9.04. The van der Waals surface area contributed by atoms with Crippen LogP contribution >= 0.6 is 11.6 Å². The molecule has 20 heavy (non-hydrogen) atoms. The third-order valence-electron chi connectivity index (χ3n) is 2.64. The molecule has 1 N–H and O–H groups in total. The maximum atomic E-state index is 13.3.